The number of hydrogen-bond donors (Lipinski definition) is 1. The fourth-order valence-electron chi connectivity index (χ4n) is 3.08. The minimum Gasteiger partial charge on any atom is -0.490 e. The molecular weight excluding hydrogens is 464 g/mol. The number of rotatable bonds is 11. The highest BCUT2D eigenvalue weighted by Crippen LogP contribution is 2.29. The molecule has 0 aliphatic carbocycles. The SMILES string of the molecule is C=CCOc1ccc(/C=C(\C#N)C(=O)Nc2ccc(OCc3ccccc3Cl)cc2)cc1OCC. The summed E-state index contributed by atoms with van der Waals surface area (Å²) in [7, 11) is 0. The number of nitrogens with one attached hydrogen (secondary N) is 1. The van der Waals surface area contributed by atoms with Crippen molar-refractivity contribution in [3.63, 3.8) is 0 Å². The van der Waals surface area contributed by atoms with Crippen LogP contribution in [-0.4, -0.2) is 19.1 Å². The first-order valence-electron chi connectivity index (χ1n) is 10.9. The molecule has 0 unspecified atom stereocenters. The van der Waals surface area contributed by atoms with Crippen molar-refractivity contribution in [2.24, 2.45) is 0 Å². The van der Waals surface area contributed by atoms with E-state index in [0.29, 0.717) is 53.3 Å². The summed E-state index contributed by atoms with van der Waals surface area (Å²) < 4.78 is 17.0. The Morgan fingerprint density at radius 1 is 1.06 bits per heavy atom. The normalized spacial score (nSPS) is 10.7. The molecule has 0 atom stereocenters. The van der Waals surface area contributed by atoms with Crippen molar-refractivity contribution in [3.8, 4) is 23.3 Å². The molecule has 0 saturated carbocycles. The fraction of sp³-hybridized carbons (Fsp3) is 0.143. The molecule has 0 spiro atoms. The number of anilines is 1. The van der Waals surface area contributed by atoms with E-state index in [2.05, 4.69) is 11.9 Å². The number of carbonyl (C=O) groups is 1. The first kappa shape index (κ1) is 25.4. The lowest BCUT2D eigenvalue weighted by Gasteiger charge is -2.11. The van der Waals surface area contributed by atoms with Crippen molar-refractivity contribution in [2.45, 2.75) is 13.5 Å². The van der Waals surface area contributed by atoms with Gasteiger partial charge in [-0.2, -0.15) is 5.26 Å². The zero-order valence-corrected chi connectivity index (χ0v) is 20.0. The molecule has 3 rings (SSSR count). The second kappa shape index (κ2) is 12.9. The van der Waals surface area contributed by atoms with E-state index >= 15 is 0 Å². The molecule has 0 aliphatic rings. The van der Waals surface area contributed by atoms with E-state index in [4.69, 9.17) is 25.8 Å². The number of benzene rings is 3. The second-order valence-electron chi connectivity index (χ2n) is 7.27. The van der Waals surface area contributed by atoms with Gasteiger partial charge in [0.2, 0.25) is 0 Å². The van der Waals surface area contributed by atoms with Crippen molar-refractivity contribution >= 4 is 29.3 Å². The summed E-state index contributed by atoms with van der Waals surface area (Å²) in [5.74, 6) is 1.18. The highest BCUT2D eigenvalue weighted by atomic mass is 35.5. The molecular formula is C28H25ClN2O4. The number of amides is 1. The van der Waals surface area contributed by atoms with Crippen LogP contribution in [0.15, 0.2) is 85.0 Å². The van der Waals surface area contributed by atoms with Crippen LogP contribution < -0.4 is 19.5 Å². The molecule has 7 heteroatoms. The molecule has 0 saturated heterocycles. The van der Waals surface area contributed by atoms with Crippen molar-refractivity contribution in [1.82, 2.24) is 0 Å². The van der Waals surface area contributed by atoms with E-state index in [-0.39, 0.29) is 5.57 Å². The van der Waals surface area contributed by atoms with Crippen LogP contribution in [-0.2, 0) is 11.4 Å². The number of halogens is 1. The second-order valence-corrected chi connectivity index (χ2v) is 7.67. The van der Waals surface area contributed by atoms with E-state index in [1.54, 1.807) is 48.5 Å². The van der Waals surface area contributed by atoms with Crippen LogP contribution in [0.3, 0.4) is 0 Å². The molecule has 0 heterocycles. The molecule has 6 nitrogen and oxygen atoms in total. The Balaban J connectivity index is 1.66. The summed E-state index contributed by atoms with van der Waals surface area (Å²) >= 11 is 6.15. The predicted octanol–water partition coefficient (Wildman–Crippen LogP) is 6.43. The lowest BCUT2D eigenvalue weighted by atomic mass is 10.1. The molecule has 1 amide bonds. The number of hydrogen-bond acceptors (Lipinski definition) is 5. The van der Waals surface area contributed by atoms with E-state index in [1.807, 2.05) is 37.3 Å². The molecule has 0 bridgehead atoms. The summed E-state index contributed by atoms with van der Waals surface area (Å²) in [5.41, 5.74) is 1.99. The molecule has 35 heavy (non-hydrogen) atoms. The highest BCUT2D eigenvalue weighted by Gasteiger charge is 2.12. The molecule has 178 valence electrons. The Kier molecular flexibility index (Phi) is 9.35. The van der Waals surface area contributed by atoms with Gasteiger partial charge in [0.15, 0.2) is 11.5 Å². The van der Waals surface area contributed by atoms with Gasteiger partial charge in [-0.3, -0.25) is 4.79 Å². The van der Waals surface area contributed by atoms with E-state index in [9.17, 15) is 10.1 Å². The van der Waals surface area contributed by atoms with Gasteiger partial charge in [0.1, 0.15) is 30.6 Å². The third kappa shape index (κ3) is 7.39. The van der Waals surface area contributed by atoms with Crippen LogP contribution in [0, 0.1) is 11.3 Å². The van der Waals surface area contributed by atoms with Crippen LogP contribution >= 0.6 is 11.6 Å². The zero-order chi connectivity index (χ0) is 25.0. The summed E-state index contributed by atoms with van der Waals surface area (Å²) in [6, 6.07) is 21.5. The minimum atomic E-state index is -0.526. The Labute approximate surface area is 210 Å². The molecule has 0 aromatic heterocycles. The highest BCUT2D eigenvalue weighted by molar-refractivity contribution is 6.31. The zero-order valence-electron chi connectivity index (χ0n) is 19.3. The topological polar surface area (TPSA) is 80.6 Å². The van der Waals surface area contributed by atoms with Gasteiger partial charge in [-0.15, -0.1) is 0 Å². The van der Waals surface area contributed by atoms with Crippen LogP contribution in [0.25, 0.3) is 6.08 Å². The van der Waals surface area contributed by atoms with E-state index < -0.39 is 5.91 Å². The lowest BCUT2D eigenvalue weighted by Crippen LogP contribution is -2.13. The van der Waals surface area contributed by atoms with E-state index in [0.717, 1.165) is 5.56 Å². The first-order chi connectivity index (χ1) is 17.0. The lowest BCUT2D eigenvalue weighted by molar-refractivity contribution is -0.112. The standard InChI is InChI=1S/C28H25ClN2O4/c1-3-15-34-26-14-9-20(17-27(26)33-4-2)16-22(18-30)28(32)31-23-10-12-24(13-11-23)35-19-21-7-5-6-8-25(21)29/h3,5-14,16-17H,1,4,15,19H2,2H3,(H,31,32)/b22-16+. The molecule has 1 N–H and O–H groups in total. The monoisotopic (exact) mass is 488 g/mol. The smallest absolute Gasteiger partial charge is 0.266 e. The van der Waals surface area contributed by atoms with Gasteiger partial charge in [-0.25, -0.2) is 0 Å². The predicted molar refractivity (Wildman–Crippen MR) is 138 cm³/mol. The number of nitriles is 1. The van der Waals surface area contributed by atoms with Crippen molar-refractivity contribution in [3.05, 3.63) is 101 Å². The molecule has 0 aliphatic heterocycles. The number of carbonyl (C=O) groups excluding carboxylic acids is 1. The van der Waals surface area contributed by atoms with Gasteiger partial charge in [-0.1, -0.05) is 48.5 Å². The van der Waals surface area contributed by atoms with Gasteiger partial charge < -0.3 is 19.5 Å². The maximum absolute atomic E-state index is 12.7. The van der Waals surface area contributed by atoms with Gasteiger partial charge in [0.05, 0.1) is 6.61 Å². The number of ether oxygens (including phenoxy) is 3. The maximum atomic E-state index is 12.7. The van der Waals surface area contributed by atoms with Crippen LogP contribution in [0.2, 0.25) is 5.02 Å². The van der Waals surface area contributed by atoms with Crippen LogP contribution in [0.4, 0.5) is 5.69 Å². The van der Waals surface area contributed by atoms with Crippen molar-refractivity contribution < 1.29 is 19.0 Å². The van der Waals surface area contributed by atoms with Gasteiger partial charge in [0, 0.05) is 16.3 Å². The van der Waals surface area contributed by atoms with Gasteiger partial charge >= 0.3 is 0 Å². The van der Waals surface area contributed by atoms with Crippen LogP contribution in [0.5, 0.6) is 17.2 Å². The third-order valence-electron chi connectivity index (χ3n) is 4.76. The minimum absolute atomic E-state index is 0.0498. The molecule has 3 aromatic carbocycles. The average molecular weight is 489 g/mol. The largest absolute Gasteiger partial charge is 0.490 e. The molecule has 3 aromatic rings. The first-order valence-corrected chi connectivity index (χ1v) is 11.3. The fourth-order valence-corrected chi connectivity index (χ4v) is 3.27. The Morgan fingerprint density at radius 2 is 1.83 bits per heavy atom. The average Bonchev–Trinajstić information content (AvgIpc) is 2.87. The van der Waals surface area contributed by atoms with Gasteiger partial charge in [-0.05, 0) is 61.0 Å². The summed E-state index contributed by atoms with van der Waals surface area (Å²) in [6.45, 7) is 6.61. The molecule has 0 radical (unpaired) electrons. The number of nitrogens with zero attached hydrogens (tertiary/aromatic N) is 1. The van der Waals surface area contributed by atoms with Crippen LogP contribution in [0.1, 0.15) is 18.1 Å². The summed E-state index contributed by atoms with van der Waals surface area (Å²) in [5, 5.41) is 12.9. The Bertz CT molecular complexity index is 1250. The Morgan fingerprint density at radius 3 is 2.51 bits per heavy atom. The summed E-state index contributed by atoms with van der Waals surface area (Å²) in [6.07, 6.45) is 3.13. The summed E-state index contributed by atoms with van der Waals surface area (Å²) in [4.78, 5) is 12.7. The van der Waals surface area contributed by atoms with Crippen molar-refractivity contribution in [2.75, 3.05) is 18.5 Å². The third-order valence-corrected chi connectivity index (χ3v) is 5.13. The quantitative estimate of drug-likeness (QED) is 0.191. The Hall–Kier alpha value is -4.21. The van der Waals surface area contributed by atoms with E-state index in [1.165, 1.54) is 6.08 Å². The molecule has 0 fully saturated rings. The van der Waals surface area contributed by atoms with Gasteiger partial charge in [0.25, 0.3) is 5.91 Å². The maximum Gasteiger partial charge on any atom is 0.266 e. The van der Waals surface area contributed by atoms with Crippen molar-refractivity contribution in [1.29, 1.82) is 5.26 Å².